The van der Waals surface area contributed by atoms with Gasteiger partial charge in [-0.25, -0.2) is 0 Å². The van der Waals surface area contributed by atoms with Crippen LogP contribution in [0.4, 0.5) is 0 Å². The molecule has 0 aromatic rings. The second-order valence-electron chi connectivity index (χ2n) is 6.22. The van der Waals surface area contributed by atoms with Crippen LogP contribution in [0.15, 0.2) is 0 Å². The fourth-order valence-electron chi connectivity index (χ4n) is 3.34. The van der Waals surface area contributed by atoms with Gasteiger partial charge in [0.05, 0.1) is 10.4 Å². The Bertz CT molecular complexity index is 348. The summed E-state index contributed by atoms with van der Waals surface area (Å²) in [4.78, 5) is 13.0. The van der Waals surface area contributed by atoms with E-state index >= 15 is 0 Å². The summed E-state index contributed by atoms with van der Waals surface area (Å²) in [6, 6.07) is 0.377. The second kappa shape index (κ2) is 6.21. The molecule has 2 unspecified atom stereocenters. The van der Waals surface area contributed by atoms with Gasteiger partial charge in [0, 0.05) is 6.04 Å². The van der Waals surface area contributed by atoms with Crippen molar-refractivity contribution in [3.63, 3.8) is 0 Å². The molecule has 3 nitrogen and oxygen atoms in total. The van der Waals surface area contributed by atoms with Crippen molar-refractivity contribution in [1.29, 1.82) is 0 Å². The Morgan fingerprint density at radius 3 is 2.47 bits per heavy atom. The van der Waals surface area contributed by atoms with Crippen LogP contribution in [0.1, 0.15) is 64.7 Å². The SMILES string of the molecule is CCCC1CC1NC(=O)C1(C(N)=S)CCCCCC1. The third-order valence-corrected chi connectivity index (χ3v) is 5.15. The van der Waals surface area contributed by atoms with Crippen LogP contribution >= 0.6 is 12.2 Å². The van der Waals surface area contributed by atoms with Gasteiger partial charge in [0.15, 0.2) is 0 Å². The predicted molar refractivity (Wildman–Crippen MR) is 81.9 cm³/mol. The van der Waals surface area contributed by atoms with Crippen molar-refractivity contribution < 1.29 is 4.79 Å². The van der Waals surface area contributed by atoms with E-state index in [9.17, 15) is 4.79 Å². The summed E-state index contributed by atoms with van der Waals surface area (Å²) in [7, 11) is 0. The zero-order chi connectivity index (χ0) is 13.9. The molecule has 0 aliphatic heterocycles. The molecule has 2 atom stereocenters. The Balaban J connectivity index is 1.98. The van der Waals surface area contributed by atoms with Crippen LogP contribution in [0.2, 0.25) is 0 Å². The molecule has 0 bridgehead atoms. The Morgan fingerprint density at radius 1 is 1.32 bits per heavy atom. The average molecular weight is 282 g/mol. The van der Waals surface area contributed by atoms with E-state index in [1.54, 1.807) is 0 Å². The van der Waals surface area contributed by atoms with Gasteiger partial charge < -0.3 is 11.1 Å². The zero-order valence-electron chi connectivity index (χ0n) is 11.9. The van der Waals surface area contributed by atoms with Crippen molar-refractivity contribution in [2.75, 3.05) is 0 Å². The lowest BCUT2D eigenvalue weighted by molar-refractivity contribution is -0.128. The van der Waals surface area contributed by atoms with Crippen molar-refractivity contribution in [3.8, 4) is 0 Å². The summed E-state index contributed by atoms with van der Waals surface area (Å²) in [5, 5.41) is 3.20. The molecule has 19 heavy (non-hydrogen) atoms. The third kappa shape index (κ3) is 3.28. The molecule has 0 radical (unpaired) electrons. The van der Waals surface area contributed by atoms with Crippen molar-refractivity contribution in [2.45, 2.75) is 70.8 Å². The van der Waals surface area contributed by atoms with Crippen molar-refractivity contribution in [2.24, 2.45) is 17.1 Å². The largest absolute Gasteiger partial charge is 0.392 e. The summed E-state index contributed by atoms with van der Waals surface area (Å²) in [6.07, 6.45) is 9.72. The first-order valence-corrected chi connectivity index (χ1v) is 8.12. The monoisotopic (exact) mass is 282 g/mol. The quantitative estimate of drug-likeness (QED) is 0.602. The molecule has 3 N–H and O–H groups in total. The van der Waals surface area contributed by atoms with Crippen molar-refractivity contribution in [3.05, 3.63) is 0 Å². The zero-order valence-corrected chi connectivity index (χ0v) is 12.7. The molecular weight excluding hydrogens is 256 g/mol. The maximum absolute atomic E-state index is 12.6. The topological polar surface area (TPSA) is 55.1 Å². The van der Waals surface area contributed by atoms with Crippen molar-refractivity contribution in [1.82, 2.24) is 5.32 Å². The highest BCUT2D eigenvalue weighted by atomic mass is 32.1. The highest BCUT2D eigenvalue weighted by Crippen LogP contribution is 2.39. The number of nitrogens with two attached hydrogens (primary N) is 1. The number of hydrogen-bond acceptors (Lipinski definition) is 2. The fraction of sp³-hybridized carbons (Fsp3) is 0.867. The second-order valence-corrected chi connectivity index (χ2v) is 6.66. The molecule has 2 fully saturated rings. The summed E-state index contributed by atoms with van der Waals surface area (Å²) < 4.78 is 0. The lowest BCUT2D eigenvalue weighted by atomic mass is 9.79. The third-order valence-electron chi connectivity index (χ3n) is 4.76. The van der Waals surface area contributed by atoms with Gasteiger partial charge in [0.1, 0.15) is 0 Å². The number of hydrogen-bond donors (Lipinski definition) is 2. The Labute approximate surface area is 121 Å². The van der Waals surface area contributed by atoms with Gasteiger partial charge in [-0.15, -0.1) is 0 Å². The highest BCUT2D eigenvalue weighted by Gasteiger charge is 2.45. The highest BCUT2D eigenvalue weighted by molar-refractivity contribution is 7.80. The van der Waals surface area contributed by atoms with E-state index in [4.69, 9.17) is 18.0 Å². The smallest absolute Gasteiger partial charge is 0.233 e. The average Bonchev–Trinajstić information content (AvgIpc) is 3.12. The molecule has 2 saturated carbocycles. The van der Waals surface area contributed by atoms with Crippen LogP contribution in [-0.4, -0.2) is 16.9 Å². The summed E-state index contributed by atoms with van der Waals surface area (Å²) in [5.74, 6) is 0.786. The molecule has 0 heterocycles. The van der Waals surface area contributed by atoms with E-state index in [2.05, 4.69) is 12.2 Å². The first-order valence-electron chi connectivity index (χ1n) is 7.71. The van der Waals surface area contributed by atoms with Crippen LogP contribution in [0.5, 0.6) is 0 Å². The molecule has 4 heteroatoms. The van der Waals surface area contributed by atoms with E-state index in [1.807, 2.05) is 0 Å². The van der Waals surface area contributed by atoms with E-state index < -0.39 is 5.41 Å². The minimum atomic E-state index is -0.564. The summed E-state index contributed by atoms with van der Waals surface area (Å²) in [6.45, 7) is 2.19. The van der Waals surface area contributed by atoms with Crippen LogP contribution in [0.3, 0.4) is 0 Å². The van der Waals surface area contributed by atoms with Gasteiger partial charge in [0.25, 0.3) is 0 Å². The van der Waals surface area contributed by atoms with E-state index in [0.29, 0.717) is 16.9 Å². The number of rotatable bonds is 5. The van der Waals surface area contributed by atoms with Gasteiger partial charge in [-0.05, 0) is 31.6 Å². The Kier molecular flexibility index (Phi) is 4.82. The fourth-order valence-corrected chi connectivity index (χ4v) is 3.64. The predicted octanol–water partition coefficient (Wildman–Crippen LogP) is 2.92. The first kappa shape index (κ1) is 14.8. The molecule has 2 aliphatic carbocycles. The first-order chi connectivity index (χ1) is 9.10. The standard InChI is InChI=1S/C15H26N2OS/c1-2-7-11-10-12(11)17-14(18)15(13(16)19)8-5-3-4-6-9-15/h11-12H,2-10H2,1H3,(H2,16,19)(H,17,18). The maximum atomic E-state index is 12.6. The lowest BCUT2D eigenvalue weighted by Crippen LogP contribution is -2.49. The number of carbonyl (C=O) groups excluding carboxylic acids is 1. The van der Waals surface area contributed by atoms with E-state index in [-0.39, 0.29) is 5.91 Å². The summed E-state index contributed by atoms with van der Waals surface area (Å²) in [5.41, 5.74) is 5.37. The van der Waals surface area contributed by atoms with Crippen LogP contribution in [0, 0.1) is 11.3 Å². The van der Waals surface area contributed by atoms with Gasteiger partial charge >= 0.3 is 0 Å². The molecule has 0 saturated heterocycles. The van der Waals surface area contributed by atoms with Crippen LogP contribution < -0.4 is 11.1 Å². The molecule has 2 rings (SSSR count). The van der Waals surface area contributed by atoms with Gasteiger partial charge in [-0.3, -0.25) is 4.79 Å². The number of amides is 1. The number of thiocarbonyl (C=S) groups is 1. The van der Waals surface area contributed by atoms with E-state index in [0.717, 1.165) is 32.1 Å². The van der Waals surface area contributed by atoms with Gasteiger partial charge in [-0.1, -0.05) is 51.2 Å². The minimum absolute atomic E-state index is 0.102. The molecule has 1 amide bonds. The lowest BCUT2D eigenvalue weighted by Gasteiger charge is -2.30. The minimum Gasteiger partial charge on any atom is -0.392 e. The molecule has 0 aromatic carbocycles. The Hall–Kier alpha value is -0.640. The van der Waals surface area contributed by atoms with E-state index in [1.165, 1.54) is 25.7 Å². The van der Waals surface area contributed by atoms with Crippen LogP contribution in [0.25, 0.3) is 0 Å². The Morgan fingerprint density at radius 2 is 1.95 bits per heavy atom. The molecule has 0 aromatic heterocycles. The normalized spacial score (nSPS) is 29.3. The van der Waals surface area contributed by atoms with Gasteiger partial charge in [0.2, 0.25) is 5.91 Å². The molecule has 0 spiro atoms. The number of nitrogens with one attached hydrogen (secondary N) is 1. The van der Waals surface area contributed by atoms with Gasteiger partial charge in [-0.2, -0.15) is 0 Å². The maximum Gasteiger partial charge on any atom is 0.233 e. The van der Waals surface area contributed by atoms with Crippen LogP contribution in [-0.2, 0) is 4.79 Å². The van der Waals surface area contributed by atoms with Crippen molar-refractivity contribution >= 4 is 23.1 Å². The summed E-state index contributed by atoms with van der Waals surface area (Å²) >= 11 is 5.23. The molecule has 2 aliphatic rings. The number of carbonyl (C=O) groups is 1. The molecule has 108 valence electrons. The molecular formula is C15H26N2OS.